The maximum Gasteiger partial charge on any atom is 0.213 e. The van der Waals surface area contributed by atoms with E-state index in [0.717, 1.165) is 37.6 Å². The molecule has 0 radical (unpaired) electrons. The molecule has 2 aromatic heterocycles. The van der Waals surface area contributed by atoms with Gasteiger partial charge in [-0.1, -0.05) is 12.1 Å². The van der Waals surface area contributed by atoms with Crippen molar-refractivity contribution in [2.45, 2.75) is 19.0 Å². The van der Waals surface area contributed by atoms with Crippen LogP contribution in [0.3, 0.4) is 0 Å². The third-order valence-electron chi connectivity index (χ3n) is 3.72. The number of methoxy groups -OCH3 is 1. The number of aromatic nitrogens is 2. The second-order valence-corrected chi connectivity index (χ2v) is 5.17. The molecule has 0 saturated carbocycles. The van der Waals surface area contributed by atoms with Crippen LogP contribution in [0.4, 0.5) is 5.82 Å². The molecule has 1 unspecified atom stereocenters. The lowest BCUT2D eigenvalue weighted by molar-refractivity contribution is 0.395. The summed E-state index contributed by atoms with van der Waals surface area (Å²) in [6.07, 6.45) is 2.97. The molecule has 1 aliphatic rings. The second-order valence-electron chi connectivity index (χ2n) is 5.17. The quantitative estimate of drug-likeness (QED) is 0.908. The number of hydrogen-bond acceptors (Lipinski definition) is 5. The average Bonchev–Trinajstić information content (AvgIpc) is 3.03. The molecule has 1 fully saturated rings. The molecule has 5 heteroatoms. The first kappa shape index (κ1) is 13.8. The number of pyridine rings is 2. The van der Waals surface area contributed by atoms with Crippen LogP contribution in [0, 0.1) is 0 Å². The van der Waals surface area contributed by atoms with Gasteiger partial charge < -0.3 is 15.0 Å². The highest BCUT2D eigenvalue weighted by molar-refractivity contribution is 5.39. The fourth-order valence-corrected chi connectivity index (χ4v) is 2.59. The number of rotatable bonds is 5. The van der Waals surface area contributed by atoms with Crippen LogP contribution in [0.25, 0.3) is 0 Å². The van der Waals surface area contributed by atoms with Crippen molar-refractivity contribution in [1.29, 1.82) is 0 Å². The average molecular weight is 284 g/mol. The molecule has 0 spiro atoms. The first-order valence-electron chi connectivity index (χ1n) is 7.24. The summed E-state index contributed by atoms with van der Waals surface area (Å²) in [5, 5.41) is 3.56. The Morgan fingerprint density at radius 2 is 2.24 bits per heavy atom. The summed E-state index contributed by atoms with van der Waals surface area (Å²) in [6.45, 7) is 2.79. The minimum Gasteiger partial charge on any atom is -0.481 e. The summed E-state index contributed by atoms with van der Waals surface area (Å²) in [4.78, 5) is 11.1. The van der Waals surface area contributed by atoms with E-state index in [1.165, 1.54) is 0 Å². The molecular formula is C16H20N4O. The standard InChI is InChI=1S/C16H20N4O/c1-21-16-7-4-5-13(19-16)11-18-14-8-10-20(12-14)15-6-2-3-9-17-15/h2-7,9,14,18H,8,10-12H2,1H3. The smallest absolute Gasteiger partial charge is 0.213 e. The normalized spacial score (nSPS) is 18.0. The molecule has 0 amide bonds. The van der Waals surface area contributed by atoms with Crippen LogP contribution in [0.2, 0.25) is 0 Å². The topological polar surface area (TPSA) is 50.3 Å². The first-order valence-corrected chi connectivity index (χ1v) is 7.24. The van der Waals surface area contributed by atoms with Crippen molar-refractivity contribution < 1.29 is 4.74 Å². The summed E-state index contributed by atoms with van der Waals surface area (Å²) < 4.78 is 5.15. The van der Waals surface area contributed by atoms with E-state index in [1.807, 2.05) is 36.5 Å². The Morgan fingerprint density at radius 1 is 1.29 bits per heavy atom. The second kappa shape index (κ2) is 6.54. The van der Waals surface area contributed by atoms with E-state index >= 15 is 0 Å². The molecule has 21 heavy (non-hydrogen) atoms. The molecule has 5 nitrogen and oxygen atoms in total. The molecule has 2 aromatic rings. The van der Waals surface area contributed by atoms with E-state index in [2.05, 4.69) is 26.3 Å². The van der Waals surface area contributed by atoms with Crippen LogP contribution in [0.5, 0.6) is 5.88 Å². The largest absolute Gasteiger partial charge is 0.481 e. The molecule has 110 valence electrons. The molecular weight excluding hydrogens is 264 g/mol. The van der Waals surface area contributed by atoms with Crippen molar-refractivity contribution in [2.75, 3.05) is 25.1 Å². The van der Waals surface area contributed by atoms with Crippen LogP contribution < -0.4 is 15.0 Å². The number of anilines is 1. The Hall–Kier alpha value is -2.14. The van der Waals surface area contributed by atoms with E-state index in [9.17, 15) is 0 Å². The summed E-state index contributed by atoms with van der Waals surface area (Å²) in [5.74, 6) is 1.72. The predicted molar refractivity (Wildman–Crippen MR) is 82.5 cm³/mol. The zero-order valence-electron chi connectivity index (χ0n) is 12.2. The van der Waals surface area contributed by atoms with Gasteiger partial charge in [-0.25, -0.2) is 9.97 Å². The van der Waals surface area contributed by atoms with E-state index in [0.29, 0.717) is 11.9 Å². The Bertz CT molecular complexity index is 575. The van der Waals surface area contributed by atoms with Crippen LogP contribution in [-0.4, -0.2) is 36.2 Å². The predicted octanol–water partition coefficient (Wildman–Crippen LogP) is 1.85. The van der Waals surface area contributed by atoms with Gasteiger partial charge in [0.1, 0.15) is 5.82 Å². The van der Waals surface area contributed by atoms with E-state index in [4.69, 9.17) is 4.74 Å². The van der Waals surface area contributed by atoms with Crippen molar-refractivity contribution in [2.24, 2.45) is 0 Å². The summed E-state index contributed by atoms with van der Waals surface area (Å²) in [6, 6.07) is 12.4. The molecule has 1 saturated heterocycles. The zero-order chi connectivity index (χ0) is 14.5. The molecule has 1 N–H and O–H groups in total. The van der Waals surface area contributed by atoms with Gasteiger partial charge in [-0.2, -0.15) is 0 Å². The molecule has 0 bridgehead atoms. The van der Waals surface area contributed by atoms with Gasteiger partial charge in [0, 0.05) is 37.9 Å². The van der Waals surface area contributed by atoms with Gasteiger partial charge in [0.15, 0.2) is 0 Å². The van der Waals surface area contributed by atoms with Gasteiger partial charge in [0.2, 0.25) is 5.88 Å². The Labute approximate surface area is 125 Å². The maximum atomic E-state index is 5.15. The van der Waals surface area contributed by atoms with Crippen molar-refractivity contribution in [3.8, 4) is 5.88 Å². The fraction of sp³-hybridized carbons (Fsp3) is 0.375. The van der Waals surface area contributed by atoms with Gasteiger partial charge in [0.25, 0.3) is 0 Å². The lowest BCUT2D eigenvalue weighted by Gasteiger charge is -2.17. The molecule has 1 atom stereocenters. The van der Waals surface area contributed by atoms with E-state index in [1.54, 1.807) is 7.11 Å². The minimum atomic E-state index is 0.472. The van der Waals surface area contributed by atoms with Crippen molar-refractivity contribution in [3.05, 3.63) is 48.3 Å². The minimum absolute atomic E-state index is 0.472. The molecule has 1 aliphatic heterocycles. The molecule has 0 aliphatic carbocycles. The molecule has 3 heterocycles. The third kappa shape index (κ3) is 3.49. The van der Waals surface area contributed by atoms with Crippen molar-refractivity contribution in [3.63, 3.8) is 0 Å². The summed E-state index contributed by atoms with van der Waals surface area (Å²) in [7, 11) is 1.64. The lowest BCUT2D eigenvalue weighted by Crippen LogP contribution is -2.32. The van der Waals surface area contributed by atoms with Crippen LogP contribution >= 0.6 is 0 Å². The lowest BCUT2D eigenvalue weighted by atomic mass is 10.2. The maximum absolute atomic E-state index is 5.15. The van der Waals surface area contributed by atoms with Crippen LogP contribution in [0.1, 0.15) is 12.1 Å². The van der Waals surface area contributed by atoms with Gasteiger partial charge in [-0.15, -0.1) is 0 Å². The number of hydrogen-bond donors (Lipinski definition) is 1. The van der Waals surface area contributed by atoms with E-state index < -0.39 is 0 Å². The highest BCUT2D eigenvalue weighted by Gasteiger charge is 2.22. The highest BCUT2D eigenvalue weighted by Crippen LogP contribution is 2.17. The SMILES string of the molecule is COc1cccc(CNC2CCN(c3ccccn3)C2)n1. The van der Waals surface area contributed by atoms with Gasteiger partial charge in [-0.3, -0.25) is 0 Å². The van der Waals surface area contributed by atoms with E-state index in [-0.39, 0.29) is 0 Å². The summed E-state index contributed by atoms with van der Waals surface area (Å²) in [5.41, 5.74) is 1.01. The Kier molecular flexibility index (Phi) is 4.31. The highest BCUT2D eigenvalue weighted by atomic mass is 16.5. The summed E-state index contributed by atoms with van der Waals surface area (Å²) >= 11 is 0. The van der Waals surface area contributed by atoms with Gasteiger partial charge >= 0.3 is 0 Å². The number of nitrogens with one attached hydrogen (secondary N) is 1. The van der Waals surface area contributed by atoms with Gasteiger partial charge in [0.05, 0.1) is 12.8 Å². The van der Waals surface area contributed by atoms with Crippen LogP contribution in [0.15, 0.2) is 42.6 Å². The number of nitrogens with zero attached hydrogens (tertiary/aromatic N) is 3. The van der Waals surface area contributed by atoms with Crippen LogP contribution in [-0.2, 0) is 6.54 Å². The Balaban J connectivity index is 1.53. The number of ether oxygens (including phenoxy) is 1. The van der Waals surface area contributed by atoms with Crippen molar-refractivity contribution in [1.82, 2.24) is 15.3 Å². The third-order valence-corrected chi connectivity index (χ3v) is 3.72. The Morgan fingerprint density at radius 3 is 3.05 bits per heavy atom. The fourth-order valence-electron chi connectivity index (χ4n) is 2.59. The van der Waals surface area contributed by atoms with Crippen molar-refractivity contribution >= 4 is 5.82 Å². The monoisotopic (exact) mass is 284 g/mol. The molecule has 0 aromatic carbocycles. The first-order chi connectivity index (χ1) is 10.3. The van der Waals surface area contributed by atoms with Gasteiger partial charge in [-0.05, 0) is 24.6 Å². The zero-order valence-corrected chi connectivity index (χ0v) is 12.2. The molecule has 3 rings (SSSR count).